The van der Waals surface area contributed by atoms with Crippen LogP contribution in [0.2, 0.25) is 5.02 Å². The number of nitrogens with one attached hydrogen (secondary N) is 3. The Labute approximate surface area is 193 Å². The van der Waals surface area contributed by atoms with Crippen molar-refractivity contribution in [1.82, 2.24) is 21.1 Å². The maximum Gasteiger partial charge on any atom is 0.405 e. The molecule has 2 unspecified atom stereocenters. The van der Waals surface area contributed by atoms with Gasteiger partial charge in [0.25, 0.3) is 5.91 Å². The molecule has 3 aliphatic carbocycles. The SMILES string of the molecule is CN1NC(C(=O)N[C@@H]2C[C@H](NC(=O)COc3ccc(Cl)c(F)c3)C3CC2C3)CC1C(F)(F)F. The first-order valence-corrected chi connectivity index (χ1v) is 11.1. The lowest BCUT2D eigenvalue weighted by Crippen LogP contribution is -2.61. The minimum Gasteiger partial charge on any atom is -0.484 e. The minimum atomic E-state index is -4.42. The van der Waals surface area contributed by atoms with E-state index in [2.05, 4.69) is 16.1 Å². The van der Waals surface area contributed by atoms with Crippen LogP contribution in [0.25, 0.3) is 0 Å². The summed E-state index contributed by atoms with van der Waals surface area (Å²) in [6.45, 7) is -0.304. The summed E-state index contributed by atoms with van der Waals surface area (Å²) in [4.78, 5) is 25.0. The normalized spacial score (nSPS) is 31.6. The smallest absolute Gasteiger partial charge is 0.405 e. The number of nitrogens with zero attached hydrogens (tertiary/aromatic N) is 1. The number of carbonyl (C=O) groups excluding carboxylic acids is 2. The number of carbonyl (C=O) groups is 2. The van der Waals surface area contributed by atoms with E-state index in [1.165, 1.54) is 19.2 Å². The van der Waals surface area contributed by atoms with Crippen molar-refractivity contribution in [2.75, 3.05) is 13.7 Å². The molecule has 1 saturated heterocycles. The van der Waals surface area contributed by atoms with Crippen LogP contribution in [0.15, 0.2) is 18.2 Å². The highest BCUT2D eigenvalue weighted by molar-refractivity contribution is 6.30. The topological polar surface area (TPSA) is 82.7 Å². The van der Waals surface area contributed by atoms with E-state index >= 15 is 0 Å². The van der Waals surface area contributed by atoms with E-state index < -0.39 is 30.0 Å². The molecule has 33 heavy (non-hydrogen) atoms. The van der Waals surface area contributed by atoms with Gasteiger partial charge in [-0.15, -0.1) is 0 Å². The third-order valence-corrected chi connectivity index (χ3v) is 7.08. The molecule has 3 saturated carbocycles. The van der Waals surface area contributed by atoms with Crippen LogP contribution in [-0.4, -0.2) is 60.8 Å². The van der Waals surface area contributed by atoms with E-state index in [-0.39, 0.29) is 53.6 Å². The highest BCUT2D eigenvalue weighted by Crippen LogP contribution is 2.46. The number of benzene rings is 1. The van der Waals surface area contributed by atoms with Gasteiger partial charge in [-0.25, -0.2) is 14.8 Å². The Morgan fingerprint density at radius 2 is 1.82 bits per heavy atom. The fourth-order valence-corrected chi connectivity index (χ4v) is 5.03. The van der Waals surface area contributed by atoms with Gasteiger partial charge in [0, 0.05) is 25.2 Å². The summed E-state index contributed by atoms with van der Waals surface area (Å²) in [5.74, 6) is -0.787. The summed E-state index contributed by atoms with van der Waals surface area (Å²) in [6, 6.07) is 0.808. The third kappa shape index (κ3) is 5.36. The van der Waals surface area contributed by atoms with Crippen LogP contribution in [0.3, 0.4) is 0 Å². The van der Waals surface area contributed by atoms with Crippen molar-refractivity contribution in [2.24, 2.45) is 11.8 Å². The Morgan fingerprint density at radius 1 is 1.15 bits per heavy atom. The molecule has 0 spiro atoms. The van der Waals surface area contributed by atoms with E-state index in [0.717, 1.165) is 23.9 Å². The molecule has 3 N–H and O–H groups in total. The second-order valence-corrected chi connectivity index (χ2v) is 9.37. The van der Waals surface area contributed by atoms with Crippen LogP contribution in [0.5, 0.6) is 5.75 Å². The lowest BCUT2D eigenvalue weighted by molar-refractivity contribution is -0.176. The van der Waals surface area contributed by atoms with E-state index in [4.69, 9.17) is 16.3 Å². The second-order valence-electron chi connectivity index (χ2n) is 8.97. The molecule has 2 amide bonds. The zero-order valence-electron chi connectivity index (χ0n) is 17.8. The van der Waals surface area contributed by atoms with Gasteiger partial charge in [-0.05, 0) is 49.7 Å². The van der Waals surface area contributed by atoms with Crippen molar-refractivity contribution >= 4 is 23.4 Å². The average molecular weight is 493 g/mol. The summed E-state index contributed by atoms with van der Waals surface area (Å²) in [6.07, 6.45) is -2.63. The first-order valence-electron chi connectivity index (χ1n) is 10.7. The standard InChI is InChI=1S/C21H25ClF4N4O3/c1-30-18(21(24,25)26)8-17(29-30)20(32)28-16-7-15(10-4-11(16)5-10)27-19(31)9-33-12-2-3-13(22)14(23)6-12/h2-3,6,10-11,15-18,29H,4-5,7-9H2,1H3,(H,27,31)(H,28,32)/t10?,11?,15-,16+,17?,18?/m0/s1. The molecule has 0 radical (unpaired) electrons. The van der Waals surface area contributed by atoms with Crippen molar-refractivity contribution in [3.8, 4) is 5.75 Å². The number of rotatable bonds is 6. The Bertz CT molecular complexity index is 912. The van der Waals surface area contributed by atoms with Crippen LogP contribution in [0, 0.1) is 17.7 Å². The lowest BCUT2D eigenvalue weighted by Gasteiger charge is -2.51. The summed E-state index contributed by atoms with van der Waals surface area (Å²) in [5, 5.41) is 6.67. The third-order valence-electron chi connectivity index (χ3n) is 6.77. The van der Waals surface area contributed by atoms with Gasteiger partial charge in [-0.2, -0.15) is 13.2 Å². The van der Waals surface area contributed by atoms with Crippen molar-refractivity contribution in [3.05, 3.63) is 29.0 Å². The average Bonchev–Trinajstić information content (AvgIpc) is 3.10. The summed E-state index contributed by atoms with van der Waals surface area (Å²) >= 11 is 5.62. The van der Waals surface area contributed by atoms with E-state index in [1.807, 2.05) is 0 Å². The zero-order chi connectivity index (χ0) is 23.9. The molecule has 12 heteroatoms. The summed E-state index contributed by atoms with van der Waals surface area (Å²) in [5.41, 5.74) is 2.59. The van der Waals surface area contributed by atoms with E-state index in [9.17, 15) is 27.2 Å². The number of fused-ring (bicyclic) bond motifs is 2. The number of amides is 2. The molecule has 7 nitrogen and oxygen atoms in total. The van der Waals surface area contributed by atoms with Crippen molar-refractivity contribution < 1.29 is 31.9 Å². The molecule has 1 aromatic rings. The molecule has 4 fully saturated rings. The number of ether oxygens (including phenoxy) is 1. The minimum absolute atomic E-state index is 0.0463. The van der Waals surface area contributed by atoms with Gasteiger partial charge in [0.05, 0.1) is 5.02 Å². The number of hydrogen-bond acceptors (Lipinski definition) is 5. The Kier molecular flexibility index (Phi) is 6.75. The first kappa shape index (κ1) is 24.0. The van der Waals surface area contributed by atoms with Crippen LogP contribution >= 0.6 is 11.6 Å². The van der Waals surface area contributed by atoms with Crippen LogP contribution in [0.4, 0.5) is 17.6 Å². The molecule has 182 valence electrons. The highest BCUT2D eigenvalue weighted by atomic mass is 35.5. The van der Waals surface area contributed by atoms with Crippen molar-refractivity contribution in [2.45, 2.75) is 56.0 Å². The molecular formula is C21H25ClF4N4O3. The Morgan fingerprint density at radius 3 is 2.42 bits per heavy atom. The fourth-order valence-electron chi connectivity index (χ4n) is 4.91. The number of hydrogen-bond donors (Lipinski definition) is 3. The molecule has 4 atom stereocenters. The van der Waals surface area contributed by atoms with Crippen molar-refractivity contribution in [3.63, 3.8) is 0 Å². The molecular weight excluding hydrogens is 468 g/mol. The lowest BCUT2D eigenvalue weighted by atomic mass is 9.60. The van der Waals surface area contributed by atoms with Gasteiger partial charge in [-0.3, -0.25) is 9.59 Å². The van der Waals surface area contributed by atoms with Crippen molar-refractivity contribution in [1.29, 1.82) is 0 Å². The van der Waals surface area contributed by atoms with Crippen LogP contribution < -0.4 is 20.8 Å². The highest BCUT2D eigenvalue weighted by Gasteiger charge is 2.51. The monoisotopic (exact) mass is 492 g/mol. The quantitative estimate of drug-likeness (QED) is 0.531. The molecule has 0 aromatic heterocycles. The molecule has 2 bridgehead atoms. The largest absolute Gasteiger partial charge is 0.484 e. The Hall–Kier alpha value is -2.11. The summed E-state index contributed by atoms with van der Waals surface area (Å²) in [7, 11) is 1.27. The zero-order valence-corrected chi connectivity index (χ0v) is 18.5. The van der Waals surface area contributed by atoms with E-state index in [1.54, 1.807) is 0 Å². The van der Waals surface area contributed by atoms with Gasteiger partial charge in [0.2, 0.25) is 5.91 Å². The summed E-state index contributed by atoms with van der Waals surface area (Å²) < 4.78 is 58.0. The van der Waals surface area contributed by atoms with Gasteiger partial charge < -0.3 is 15.4 Å². The fraction of sp³-hybridized carbons (Fsp3) is 0.619. The molecule has 1 aromatic carbocycles. The maximum absolute atomic E-state index is 13.5. The molecule has 1 aliphatic heterocycles. The van der Waals surface area contributed by atoms with E-state index in [0.29, 0.717) is 6.42 Å². The number of hydrazine groups is 1. The second kappa shape index (κ2) is 9.27. The number of alkyl halides is 3. The molecule has 1 heterocycles. The maximum atomic E-state index is 13.5. The predicted octanol–water partition coefficient (Wildman–Crippen LogP) is 2.40. The number of halogens is 5. The van der Waals surface area contributed by atoms with Crippen LogP contribution in [-0.2, 0) is 9.59 Å². The van der Waals surface area contributed by atoms with Crippen LogP contribution in [0.1, 0.15) is 25.7 Å². The van der Waals surface area contributed by atoms with Gasteiger partial charge in [-0.1, -0.05) is 11.6 Å². The van der Waals surface area contributed by atoms with Gasteiger partial charge in [0.1, 0.15) is 23.7 Å². The van der Waals surface area contributed by atoms with Gasteiger partial charge >= 0.3 is 6.18 Å². The molecule has 4 aliphatic rings. The van der Waals surface area contributed by atoms with Gasteiger partial charge in [0.15, 0.2) is 6.61 Å². The molecule has 5 rings (SSSR count). The predicted molar refractivity (Wildman–Crippen MR) is 111 cm³/mol. The first-order chi connectivity index (χ1) is 15.5. The Balaban J connectivity index is 1.27.